The van der Waals surface area contributed by atoms with E-state index in [4.69, 9.17) is 4.74 Å². The van der Waals surface area contributed by atoms with Crippen LogP contribution in [0.4, 0.5) is 0 Å². The lowest BCUT2D eigenvalue weighted by atomic mass is 10.1. The van der Waals surface area contributed by atoms with Crippen molar-refractivity contribution >= 4 is 5.97 Å². The molecule has 0 unspecified atom stereocenters. The lowest BCUT2D eigenvalue weighted by molar-refractivity contribution is -0.137. The molecule has 0 aliphatic heterocycles. The van der Waals surface area contributed by atoms with E-state index in [0.717, 1.165) is 31.3 Å². The number of esters is 1. The molecule has 19 heavy (non-hydrogen) atoms. The third-order valence-electron chi connectivity index (χ3n) is 2.77. The van der Waals surface area contributed by atoms with Gasteiger partial charge in [-0.1, -0.05) is 28.9 Å². The van der Waals surface area contributed by atoms with Gasteiger partial charge in [-0.3, -0.25) is 0 Å². The molecule has 0 aromatic rings. The molecule has 0 N–H and O–H groups in total. The fourth-order valence-electron chi connectivity index (χ4n) is 1.69. The second-order valence-corrected chi connectivity index (χ2v) is 5.15. The van der Waals surface area contributed by atoms with Crippen molar-refractivity contribution in [2.75, 3.05) is 6.61 Å². The maximum Gasteiger partial charge on any atom is 0.330 e. The van der Waals surface area contributed by atoms with Crippen molar-refractivity contribution in [3.63, 3.8) is 0 Å². The van der Waals surface area contributed by atoms with Gasteiger partial charge in [0, 0.05) is 6.08 Å². The maximum atomic E-state index is 11.2. The number of ether oxygens (including phenoxy) is 1. The summed E-state index contributed by atoms with van der Waals surface area (Å²) in [6.07, 6.45) is 10.3. The highest BCUT2D eigenvalue weighted by Gasteiger charge is 1.97. The average molecular weight is 264 g/mol. The molecule has 0 saturated heterocycles. The minimum atomic E-state index is -0.232. The van der Waals surface area contributed by atoms with E-state index < -0.39 is 0 Å². The number of hydrogen-bond donors (Lipinski definition) is 0. The van der Waals surface area contributed by atoms with Gasteiger partial charge in [-0.2, -0.15) is 0 Å². The van der Waals surface area contributed by atoms with Gasteiger partial charge in [0.05, 0.1) is 6.61 Å². The molecular weight excluding hydrogens is 236 g/mol. The Morgan fingerprint density at radius 3 is 2.11 bits per heavy atom. The molecule has 0 saturated carbocycles. The Balaban J connectivity index is 3.99. The van der Waals surface area contributed by atoms with Gasteiger partial charge in [0.1, 0.15) is 0 Å². The monoisotopic (exact) mass is 264 g/mol. The third kappa shape index (κ3) is 11.5. The summed E-state index contributed by atoms with van der Waals surface area (Å²) in [5.41, 5.74) is 3.87. The number of allylic oxidation sites excluding steroid dienone is 5. The zero-order valence-electron chi connectivity index (χ0n) is 13.1. The number of carbonyl (C=O) groups is 1. The van der Waals surface area contributed by atoms with Gasteiger partial charge < -0.3 is 4.74 Å². The summed E-state index contributed by atoms with van der Waals surface area (Å²) in [4.78, 5) is 11.2. The quantitative estimate of drug-likeness (QED) is 0.351. The summed E-state index contributed by atoms with van der Waals surface area (Å²) in [5, 5.41) is 0. The highest BCUT2D eigenvalue weighted by atomic mass is 16.5. The van der Waals surface area contributed by atoms with Crippen LogP contribution in [0.1, 0.15) is 60.3 Å². The van der Waals surface area contributed by atoms with Crippen LogP contribution in [0.5, 0.6) is 0 Å². The first-order chi connectivity index (χ1) is 8.95. The fraction of sp³-hybridized carbons (Fsp3) is 0.588. The van der Waals surface area contributed by atoms with E-state index in [1.165, 1.54) is 11.1 Å². The van der Waals surface area contributed by atoms with Crippen molar-refractivity contribution in [3.8, 4) is 0 Å². The lowest BCUT2D eigenvalue weighted by Crippen LogP contribution is -2.00. The van der Waals surface area contributed by atoms with Gasteiger partial charge in [0.2, 0.25) is 0 Å². The topological polar surface area (TPSA) is 26.3 Å². The molecule has 2 nitrogen and oxygen atoms in total. The Hall–Kier alpha value is -1.31. The number of carbonyl (C=O) groups excluding carboxylic acids is 1. The molecular formula is C17H28O2. The second-order valence-electron chi connectivity index (χ2n) is 5.15. The Morgan fingerprint density at radius 1 is 0.947 bits per heavy atom. The maximum absolute atomic E-state index is 11.2. The highest BCUT2D eigenvalue weighted by Crippen LogP contribution is 2.11. The molecule has 0 aromatic carbocycles. The van der Waals surface area contributed by atoms with Gasteiger partial charge in [0.15, 0.2) is 0 Å². The van der Waals surface area contributed by atoms with Crippen LogP contribution in [0.15, 0.2) is 34.9 Å². The SMILES string of the molecule is CCOC(=O)C=C(C)CCC=C(C)CCC=C(C)C. The molecule has 0 rings (SSSR count). The molecule has 0 fully saturated rings. The highest BCUT2D eigenvalue weighted by molar-refractivity contribution is 5.82. The Bertz CT molecular complexity index is 355. The molecule has 0 amide bonds. The van der Waals surface area contributed by atoms with E-state index in [0.29, 0.717) is 6.61 Å². The molecule has 0 aliphatic carbocycles. The normalized spacial score (nSPS) is 12.3. The van der Waals surface area contributed by atoms with Crippen molar-refractivity contribution < 1.29 is 9.53 Å². The minimum absolute atomic E-state index is 0.232. The van der Waals surface area contributed by atoms with E-state index >= 15 is 0 Å². The standard InChI is InChI=1S/C17H28O2/c1-6-19-17(18)13-16(5)12-8-11-15(4)10-7-9-14(2)3/h9,11,13H,6-8,10,12H2,1-5H3. The third-order valence-corrected chi connectivity index (χ3v) is 2.77. The van der Waals surface area contributed by atoms with Gasteiger partial charge in [-0.25, -0.2) is 4.79 Å². The molecule has 108 valence electrons. The molecule has 0 radical (unpaired) electrons. The first-order valence-corrected chi connectivity index (χ1v) is 7.08. The molecule has 2 heteroatoms. The molecule has 0 heterocycles. The first-order valence-electron chi connectivity index (χ1n) is 7.08. The van der Waals surface area contributed by atoms with Crippen LogP contribution in [0.2, 0.25) is 0 Å². The molecule has 0 bridgehead atoms. The lowest BCUT2D eigenvalue weighted by Gasteiger charge is -2.01. The molecule has 0 aromatic heterocycles. The first kappa shape index (κ1) is 17.7. The summed E-state index contributed by atoms with van der Waals surface area (Å²) in [6, 6.07) is 0. The Kier molecular flexibility index (Phi) is 9.87. The fourth-order valence-corrected chi connectivity index (χ4v) is 1.69. The van der Waals surface area contributed by atoms with Gasteiger partial charge in [0.25, 0.3) is 0 Å². The zero-order chi connectivity index (χ0) is 14.7. The van der Waals surface area contributed by atoms with Gasteiger partial charge in [-0.05, 0) is 60.3 Å². The van der Waals surface area contributed by atoms with Crippen molar-refractivity contribution in [2.45, 2.75) is 60.3 Å². The van der Waals surface area contributed by atoms with Crippen molar-refractivity contribution in [1.82, 2.24) is 0 Å². The summed E-state index contributed by atoms with van der Waals surface area (Å²) >= 11 is 0. The summed E-state index contributed by atoms with van der Waals surface area (Å²) in [6.45, 7) is 10.7. The van der Waals surface area contributed by atoms with E-state index in [1.54, 1.807) is 6.08 Å². The average Bonchev–Trinajstić information content (AvgIpc) is 2.28. The Morgan fingerprint density at radius 2 is 1.53 bits per heavy atom. The van der Waals surface area contributed by atoms with E-state index in [2.05, 4.69) is 32.9 Å². The largest absolute Gasteiger partial charge is 0.463 e. The van der Waals surface area contributed by atoms with E-state index in [9.17, 15) is 4.79 Å². The van der Waals surface area contributed by atoms with E-state index in [-0.39, 0.29) is 5.97 Å². The smallest absolute Gasteiger partial charge is 0.330 e. The Labute approximate surface area is 118 Å². The number of hydrogen-bond acceptors (Lipinski definition) is 2. The predicted molar refractivity (Wildman–Crippen MR) is 82.0 cm³/mol. The molecule has 0 atom stereocenters. The summed E-state index contributed by atoms with van der Waals surface area (Å²) in [7, 11) is 0. The summed E-state index contributed by atoms with van der Waals surface area (Å²) in [5.74, 6) is -0.232. The molecule has 0 aliphatic rings. The van der Waals surface area contributed by atoms with Crippen LogP contribution in [0, 0.1) is 0 Å². The van der Waals surface area contributed by atoms with Crippen LogP contribution in [-0.4, -0.2) is 12.6 Å². The van der Waals surface area contributed by atoms with Crippen LogP contribution in [-0.2, 0) is 9.53 Å². The number of rotatable bonds is 8. The van der Waals surface area contributed by atoms with Crippen LogP contribution < -0.4 is 0 Å². The van der Waals surface area contributed by atoms with Gasteiger partial charge >= 0.3 is 5.97 Å². The van der Waals surface area contributed by atoms with Crippen LogP contribution in [0.25, 0.3) is 0 Å². The predicted octanol–water partition coefficient (Wildman–Crippen LogP) is 4.97. The van der Waals surface area contributed by atoms with Gasteiger partial charge in [-0.15, -0.1) is 0 Å². The zero-order valence-corrected chi connectivity index (χ0v) is 13.1. The van der Waals surface area contributed by atoms with E-state index in [1.807, 2.05) is 13.8 Å². The van der Waals surface area contributed by atoms with Crippen LogP contribution in [0.3, 0.4) is 0 Å². The van der Waals surface area contributed by atoms with Crippen LogP contribution >= 0.6 is 0 Å². The minimum Gasteiger partial charge on any atom is -0.463 e. The molecule has 0 spiro atoms. The van der Waals surface area contributed by atoms with Crippen molar-refractivity contribution in [3.05, 3.63) is 34.9 Å². The van der Waals surface area contributed by atoms with Crippen molar-refractivity contribution in [2.24, 2.45) is 0 Å². The summed E-state index contributed by atoms with van der Waals surface area (Å²) < 4.78 is 4.88. The van der Waals surface area contributed by atoms with Crippen molar-refractivity contribution in [1.29, 1.82) is 0 Å². The second kappa shape index (κ2) is 10.6.